The van der Waals surface area contributed by atoms with Gasteiger partial charge in [-0.05, 0) is 79.1 Å². The zero-order chi connectivity index (χ0) is 22.0. The Kier molecular flexibility index (Phi) is 6.47. The molecule has 0 saturated heterocycles. The van der Waals surface area contributed by atoms with Crippen LogP contribution in [-0.4, -0.2) is 34.2 Å². The molecule has 158 valence electrons. The number of carbonyl (C=O) groups excluding carboxylic acids is 3. The number of unbranched alkanes of at least 4 members (excludes halogenated alkanes) is 1. The molecule has 31 heavy (non-hydrogen) atoms. The largest absolute Gasteiger partial charge is 0.298 e. The van der Waals surface area contributed by atoms with E-state index in [1.54, 1.807) is 30.3 Å². The maximum atomic E-state index is 12.4. The predicted molar refractivity (Wildman–Crippen MR) is 129 cm³/mol. The molecule has 3 aromatic rings. The lowest BCUT2D eigenvalue weighted by Crippen LogP contribution is -2.30. The standard InChI is InChI=1S/C23H20IN3O3S/c1-14-19(31-23(25-14)26-20(28)15-7-6-8-16(24)13-15)11-4-5-12-27-21(29)17-9-2-3-10-18(17)22(27)30/h2-3,6-10,13H,4-5,11-12H2,1H3,(H,25,26,28). The van der Waals surface area contributed by atoms with Gasteiger partial charge in [0, 0.05) is 20.6 Å². The Morgan fingerprint density at radius 2 is 1.77 bits per heavy atom. The third-order valence-corrected chi connectivity index (χ3v) is 6.92. The fourth-order valence-corrected chi connectivity index (χ4v) is 5.05. The Morgan fingerprint density at radius 1 is 1.06 bits per heavy atom. The number of imide groups is 1. The number of aromatic nitrogens is 1. The number of anilines is 1. The quantitative estimate of drug-likeness (QED) is 0.260. The van der Waals surface area contributed by atoms with Crippen molar-refractivity contribution in [2.24, 2.45) is 0 Å². The predicted octanol–water partition coefficient (Wildman–Crippen LogP) is 4.93. The van der Waals surface area contributed by atoms with Crippen molar-refractivity contribution in [3.63, 3.8) is 0 Å². The zero-order valence-corrected chi connectivity index (χ0v) is 19.8. The molecule has 0 unspecified atom stereocenters. The molecular formula is C23H20IN3O3S. The lowest BCUT2D eigenvalue weighted by atomic mass is 10.1. The van der Waals surface area contributed by atoms with Crippen molar-refractivity contribution in [1.82, 2.24) is 9.88 Å². The number of nitrogens with one attached hydrogen (secondary N) is 1. The Hall–Kier alpha value is -2.59. The molecule has 6 nitrogen and oxygen atoms in total. The summed E-state index contributed by atoms with van der Waals surface area (Å²) in [6, 6.07) is 14.3. The number of hydrogen-bond donors (Lipinski definition) is 1. The van der Waals surface area contributed by atoms with Crippen molar-refractivity contribution in [3.05, 3.63) is 79.4 Å². The Balaban J connectivity index is 1.30. The molecule has 2 aromatic carbocycles. The third kappa shape index (κ3) is 4.69. The first kappa shape index (κ1) is 21.6. The lowest BCUT2D eigenvalue weighted by Gasteiger charge is -2.13. The van der Waals surface area contributed by atoms with Crippen LogP contribution in [0, 0.1) is 10.5 Å². The number of carbonyl (C=O) groups is 3. The van der Waals surface area contributed by atoms with E-state index in [1.165, 1.54) is 16.2 Å². The number of aryl methyl sites for hydroxylation is 2. The van der Waals surface area contributed by atoms with Crippen LogP contribution < -0.4 is 5.32 Å². The van der Waals surface area contributed by atoms with E-state index < -0.39 is 0 Å². The number of rotatable bonds is 7. The number of thiazole rings is 1. The van der Waals surface area contributed by atoms with Crippen LogP contribution in [-0.2, 0) is 6.42 Å². The number of nitrogens with zero attached hydrogens (tertiary/aromatic N) is 2. The van der Waals surface area contributed by atoms with E-state index in [9.17, 15) is 14.4 Å². The molecule has 0 bridgehead atoms. The number of benzene rings is 2. The van der Waals surface area contributed by atoms with Gasteiger partial charge in [0.15, 0.2) is 5.13 Å². The van der Waals surface area contributed by atoms with Gasteiger partial charge in [-0.15, -0.1) is 11.3 Å². The summed E-state index contributed by atoms with van der Waals surface area (Å²) in [7, 11) is 0. The number of amides is 3. The highest BCUT2D eigenvalue weighted by molar-refractivity contribution is 14.1. The second-order valence-corrected chi connectivity index (χ2v) is 9.59. The summed E-state index contributed by atoms with van der Waals surface area (Å²) in [6.07, 6.45) is 2.32. The molecule has 1 N–H and O–H groups in total. The number of halogens is 1. The van der Waals surface area contributed by atoms with Gasteiger partial charge in [0.2, 0.25) is 0 Å². The SMILES string of the molecule is Cc1nc(NC(=O)c2cccc(I)c2)sc1CCCCN1C(=O)c2ccccc2C1=O. The van der Waals surface area contributed by atoms with Crippen LogP contribution in [0.25, 0.3) is 0 Å². The van der Waals surface area contributed by atoms with Crippen LogP contribution in [0.15, 0.2) is 48.5 Å². The van der Waals surface area contributed by atoms with Gasteiger partial charge in [0.05, 0.1) is 16.8 Å². The average molecular weight is 545 g/mol. The molecule has 2 heterocycles. The van der Waals surface area contributed by atoms with Crippen molar-refractivity contribution in [2.45, 2.75) is 26.2 Å². The molecule has 4 rings (SSSR count). The Morgan fingerprint density at radius 3 is 2.45 bits per heavy atom. The normalized spacial score (nSPS) is 12.9. The second-order valence-electron chi connectivity index (χ2n) is 7.26. The van der Waals surface area contributed by atoms with Crippen molar-refractivity contribution in [3.8, 4) is 0 Å². The molecule has 8 heteroatoms. The van der Waals surface area contributed by atoms with Crippen molar-refractivity contribution < 1.29 is 14.4 Å². The van der Waals surface area contributed by atoms with Gasteiger partial charge in [-0.1, -0.05) is 18.2 Å². The molecule has 1 aliphatic heterocycles. The van der Waals surface area contributed by atoms with Crippen LogP contribution in [0.1, 0.15) is 54.5 Å². The van der Waals surface area contributed by atoms with Gasteiger partial charge in [-0.25, -0.2) is 4.98 Å². The smallest absolute Gasteiger partial charge is 0.261 e. The molecule has 1 aliphatic rings. The summed E-state index contributed by atoms with van der Waals surface area (Å²) in [5, 5.41) is 3.45. The highest BCUT2D eigenvalue weighted by Gasteiger charge is 2.34. The summed E-state index contributed by atoms with van der Waals surface area (Å²) >= 11 is 3.64. The van der Waals surface area contributed by atoms with E-state index in [-0.39, 0.29) is 17.7 Å². The van der Waals surface area contributed by atoms with Gasteiger partial charge >= 0.3 is 0 Å². The molecule has 0 spiro atoms. The summed E-state index contributed by atoms with van der Waals surface area (Å²) in [5.74, 6) is -0.602. The topological polar surface area (TPSA) is 79.4 Å². The minimum absolute atomic E-state index is 0.176. The zero-order valence-electron chi connectivity index (χ0n) is 16.9. The summed E-state index contributed by atoms with van der Waals surface area (Å²) < 4.78 is 0.999. The van der Waals surface area contributed by atoms with E-state index in [4.69, 9.17) is 0 Å². The molecule has 0 aliphatic carbocycles. The van der Waals surface area contributed by atoms with Crippen molar-refractivity contribution in [2.75, 3.05) is 11.9 Å². The first-order valence-electron chi connectivity index (χ1n) is 9.92. The monoisotopic (exact) mass is 545 g/mol. The Labute approximate surface area is 197 Å². The minimum atomic E-state index is -0.213. The molecule has 0 fully saturated rings. The van der Waals surface area contributed by atoms with Crippen LogP contribution in [0.5, 0.6) is 0 Å². The Bertz CT molecular complexity index is 1140. The molecule has 1 aromatic heterocycles. The lowest BCUT2D eigenvalue weighted by molar-refractivity contribution is 0.0651. The highest BCUT2D eigenvalue weighted by atomic mass is 127. The molecular weight excluding hydrogens is 525 g/mol. The summed E-state index contributed by atoms with van der Waals surface area (Å²) in [4.78, 5) is 44.2. The maximum Gasteiger partial charge on any atom is 0.261 e. The van der Waals surface area contributed by atoms with Gasteiger partial charge in [0.25, 0.3) is 17.7 Å². The van der Waals surface area contributed by atoms with E-state index in [0.717, 1.165) is 27.0 Å². The van der Waals surface area contributed by atoms with Gasteiger partial charge in [0.1, 0.15) is 0 Å². The van der Waals surface area contributed by atoms with E-state index in [1.807, 2.05) is 25.1 Å². The molecule has 0 atom stereocenters. The fourth-order valence-electron chi connectivity index (χ4n) is 3.51. The first-order chi connectivity index (χ1) is 14.9. The van der Waals surface area contributed by atoms with Gasteiger partial charge in [-0.2, -0.15) is 0 Å². The van der Waals surface area contributed by atoms with Crippen LogP contribution in [0.4, 0.5) is 5.13 Å². The number of hydrogen-bond acceptors (Lipinski definition) is 5. The average Bonchev–Trinajstić information content (AvgIpc) is 3.22. The van der Waals surface area contributed by atoms with E-state index in [2.05, 4.69) is 32.9 Å². The molecule has 0 saturated carbocycles. The van der Waals surface area contributed by atoms with Crippen molar-refractivity contribution in [1.29, 1.82) is 0 Å². The van der Waals surface area contributed by atoms with Crippen molar-refractivity contribution >= 4 is 56.8 Å². The highest BCUT2D eigenvalue weighted by Crippen LogP contribution is 2.26. The summed E-state index contributed by atoms with van der Waals surface area (Å²) in [5.41, 5.74) is 2.46. The molecule has 3 amide bonds. The minimum Gasteiger partial charge on any atom is -0.298 e. The fraction of sp³-hybridized carbons (Fsp3) is 0.217. The maximum absolute atomic E-state index is 12.4. The van der Waals surface area contributed by atoms with E-state index in [0.29, 0.717) is 34.8 Å². The van der Waals surface area contributed by atoms with Gasteiger partial charge < -0.3 is 0 Å². The van der Waals surface area contributed by atoms with Crippen LogP contribution in [0.3, 0.4) is 0 Å². The van der Waals surface area contributed by atoms with Crippen LogP contribution in [0.2, 0.25) is 0 Å². The summed E-state index contributed by atoms with van der Waals surface area (Å²) in [6.45, 7) is 2.33. The first-order valence-corrected chi connectivity index (χ1v) is 11.8. The van der Waals surface area contributed by atoms with Gasteiger partial charge in [-0.3, -0.25) is 24.6 Å². The molecule has 0 radical (unpaired) electrons. The van der Waals surface area contributed by atoms with Crippen LogP contribution >= 0.6 is 33.9 Å². The van der Waals surface area contributed by atoms with E-state index >= 15 is 0 Å². The third-order valence-electron chi connectivity index (χ3n) is 5.11. The second kappa shape index (κ2) is 9.27. The number of fused-ring (bicyclic) bond motifs is 1.